The molecule has 0 radical (unpaired) electrons. The van der Waals surface area contributed by atoms with E-state index in [-0.39, 0.29) is 17.9 Å². The van der Waals surface area contributed by atoms with Crippen molar-refractivity contribution >= 4 is 17.7 Å². The summed E-state index contributed by atoms with van der Waals surface area (Å²) < 4.78 is 2.06. The molecule has 2 aliphatic rings. The maximum absolute atomic E-state index is 11.9. The first-order valence-corrected chi connectivity index (χ1v) is 8.69. The van der Waals surface area contributed by atoms with Crippen LogP contribution in [0.15, 0.2) is 11.5 Å². The number of carbonyl (C=O) groups is 1. The van der Waals surface area contributed by atoms with E-state index < -0.39 is 0 Å². The highest BCUT2D eigenvalue weighted by Gasteiger charge is 2.27. The molecule has 1 amide bonds. The van der Waals surface area contributed by atoms with Crippen molar-refractivity contribution in [2.45, 2.75) is 55.8 Å². The van der Waals surface area contributed by atoms with Crippen LogP contribution in [0.2, 0.25) is 0 Å². The Morgan fingerprint density at radius 1 is 1.38 bits per heavy atom. The zero-order valence-corrected chi connectivity index (χ0v) is 12.9. The Morgan fingerprint density at radius 2 is 2.19 bits per heavy atom. The van der Waals surface area contributed by atoms with E-state index in [9.17, 15) is 9.90 Å². The summed E-state index contributed by atoms with van der Waals surface area (Å²) in [6.45, 7) is 0.579. The van der Waals surface area contributed by atoms with Gasteiger partial charge in [0.2, 0.25) is 5.91 Å². The highest BCUT2D eigenvalue weighted by Crippen LogP contribution is 2.37. The fourth-order valence-electron chi connectivity index (χ4n) is 2.79. The largest absolute Gasteiger partial charge is 0.393 e. The smallest absolute Gasteiger partial charge is 0.230 e. The molecule has 116 valence electrons. The van der Waals surface area contributed by atoms with Crippen molar-refractivity contribution in [3.05, 3.63) is 6.33 Å². The molecule has 0 spiro atoms. The van der Waals surface area contributed by atoms with Crippen molar-refractivity contribution in [3.63, 3.8) is 0 Å². The van der Waals surface area contributed by atoms with Crippen LogP contribution in [0.4, 0.5) is 0 Å². The molecular weight excluding hydrogens is 288 g/mol. The molecule has 2 N–H and O–H groups in total. The number of aromatic nitrogens is 3. The van der Waals surface area contributed by atoms with Gasteiger partial charge in [0.25, 0.3) is 0 Å². The number of amides is 1. The molecule has 0 aliphatic heterocycles. The summed E-state index contributed by atoms with van der Waals surface area (Å²) in [6, 6.07) is 0.531. The molecule has 0 saturated heterocycles. The summed E-state index contributed by atoms with van der Waals surface area (Å²) in [5.74, 6) is 0.569. The molecule has 2 atom stereocenters. The van der Waals surface area contributed by atoms with Crippen LogP contribution < -0.4 is 5.32 Å². The normalized spacial score (nSPS) is 25.8. The summed E-state index contributed by atoms with van der Waals surface area (Å²) in [5, 5.41) is 21.6. The summed E-state index contributed by atoms with van der Waals surface area (Å²) in [4.78, 5) is 11.9. The zero-order valence-electron chi connectivity index (χ0n) is 12.1. The van der Waals surface area contributed by atoms with Crippen LogP contribution in [0, 0.1) is 5.92 Å². The monoisotopic (exact) mass is 310 g/mol. The number of carbonyl (C=O) groups excluding carboxylic acids is 1. The van der Waals surface area contributed by atoms with E-state index in [4.69, 9.17) is 0 Å². The lowest BCUT2D eigenvalue weighted by Crippen LogP contribution is -2.37. The number of rotatable bonds is 6. The second-order valence-electron chi connectivity index (χ2n) is 5.96. The Kier molecular flexibility index (Phi) is 4.80. The van der Waals surface area contributed by atoms with Crippen LogP contribution in [0.3, 0.4) is 0 Å². The predicted octanol–water partition coefficient (Wildman–Crippen LogP) is 1.37. The van der Waals surface area contributed by atoms with E-state index in [1.54, 1.807) is 6.33 Å². The maximum Gasteiger partial charge on any atom is 0.230 e. The van der Waals surface area contributed by atoms with E-state index in [2.05, 4.69) is 20.1 Å². The molecule has 2 aliphatic carbocycles. The van der Waals surface area contributed by atoms with Gasteiger partial charge < -0.3 is 15.0 Å². The maximum atomic E-state index is 11.9. The molecule has 1 aromatic heterocycles. The lowest BCUT2D eigenvalue weighted by atomic mass is 9.86. The molecule has 2 unspecified atom stereocenters. The minimum atomic E-state index is -0.260. The van der Waals surface area contributed by atoms with E-state index >= 15 is 0 Å². The van der Waals surface area contributed by atoms with Gasteiger partial charge in [-0.05, 0) is 25.7 Å². The third-order valence-corrected chi connectivity index (χ3v) is 5.20. The SMILES string of the molecule is O=C(CSc1nncn1C1CC1)NCC1CCCCC1O. The molecule has 0 aromatic carbocycles. The molecule has 3 rings (SSSR count). The van der Waals surface area contributed by atoms with Crippen molar-refractivity contribution in [3.8, 4) is 0 Å². The lowest BCUT2D eigenvalue weighted by Gasteiger charge is -2.27. The summed E-state index contributed by atoms with van der Waals surface area (Å²) in [7, 11) is 0. The van der Waals surface area contributed by atoms with Gasteiger partial charge in [0.05, 0.1) is 11.9 Å². The van der Waals surface area contributed by atoms with Gasteiger partial charge in [0.15, 0.2) is 5.16 Å². The minimum absolute atomic E-state index is 0.00289. The third kappa shape index (κ3) is 3.97. The van der Waals surface area contributed by atoms with Crippen molar-refractivity contribution in [1.82, 2.24) is 20.1 Å². The predicted molar refractivity (Wildman–Crippen MR) is 80.0 cm³/mol. The molecule has 21 heavy (non-hydrogen) atoms. The second kappa shape index (κ2) is 6.79. The van der Waals surface area contributed by atoms with E-state index in [1.807, 2.05) is 0 Å². The molecule has 2 fully saturated rings. The Hall–Kier alpha value is -1.08. The third-order valence-electron chi connectivity index (χ3n) is 4.24. The topological polar surface area (TPSA) is 80.0 Å². The van der Waals surface area contributed by atoms with Gasteiger partial charge in [-0.1, -0.05) is 24.6 Å². The number of hydrogen-bond donors (Lipinski definition) is 2. The zero-order chi connectivity index (χ0) is 14.7. The first-order valence-electron chi connectivity index (χ1n) is 7.71. The first kappa shape index (κ1) is 14.8. The van der Waals surface area contributed by atoms with Crippen molar-refractivity contribution < 1.29 is 9.90 Å². The van der Waals surface area contributed by atoms with Crippen molar-refractivity contribution in [1.29, 1.82) is 0 Å². The quantitative estimate of drug-likeness (QED) is 0.776. The molecular formula is C14H22N4O2S. The highest BCUT2D eigenvalue weighted by atomic mass is 32.2. The van der Waals surface area contributed by atoms with Gasteiger partial charge in [-0.2, -0.15) is 0 Å². The van der Waals surface area contributed by atoms with Crippen LogP contribution in [-0.4, -0.2) is 44.2 Å². The Balaban J connectivity index is 1.40. The van der Waals surface area contributed by atoms with E-state index in [0.29, 0.717) is 18.3 Å². The number of aliphatic hydroxyl groups excluding tert-OH is 1. The van der Waals surface area contributed by atoms with Crippen LogP contribution in [-0.2, 0) is 4.79 Å². The number of hydrogen-bond acceptors (Lipinski definition) is 5. The van der Waals surface area contributed by atoms with E-state index in [0.717, 1.165) is 30.8 Å². The number of nitrogens with one attached hydrogen (secondary N) is 1. The Morgan fingerprint density at radius 3 is 2.95 bits per heavy atom. The van der Waals surface area contributed by atoms with Crippen LogP contribution in [0.5, 0.6) is 0 Å². The summed E-state index contributed by atoms with van der Waals surface area (Å²) in [5.41, 5.74) is 0. The molecule has 2 saturated carbocycles. The highest BCUT2D eigenvalue weighted by molar-refractivity contribution is 7.99. The minimum Gasteiger partial charge on any atom is -0.393 e. The van der Waals surface area contributed by atoms with Crippen LogP contribution in [0.1, 0.15) is 44.6 Å². The fraction of sp³-hybridized carbons (Fsp3) is 0.786. The molecule has 0 bridgehead atoms. The van der Waals surface area contributed by atoms with Gasteiger partial charge in [-0.15, -0.1) is 10.2 Å². The number of nitrogens with zero attached hydrogens (tertiary/aromatic N) is 3. The Bertz CT molecular complexity index is 489. The average Bonchev–Trinajstić information content (AvgIpc) is 3.23. The molecule has 6 nitrogen and oxygen atoms in total. The number of aliphatic hydroxyl groups is 1. The summed E-state index contributed by atoms with van der Waals surface area (Å²) >= 11 is 1.43. The van der Waals surface area contributed by atoms with Gasteiger partial charge >= 0.3 is 0 Å². The van der Waals surface area contributed by atoms with Gasteiger partial charge in [-0.25, -0.2) is 0 Å². The van der Waals surface area contributed by atoms with Gasteiger partial charge in [-0.3, -0.25) is 4.79 Å². The second-order valence-corrected chi connectivity index (χ2v) is 6.90. The van der Waals surface area contributed by atoms with Crippen LogP contribution >= 0.6 is 11.8 Å². The standard InChI is InChI=1S/C14H22N4O2S/c19-12-4-2-1-3-10(12)7-15-13(20)8-21-14-17-16-9-18(14)11-5-6-11/h9-12,19H,1-8H2,(H,15,20). The molecule has 1 aromatic rings. The number of thioether (sulfide) groups is 1. The first-order chi connectivity index (χ1) is 10.2. The molecule has 7 heteroatoms. The summed E-state index contributed by atoms with van der Waals surface area (Å²) in [6.07, 6.45) is 7.95. The van der Waals surface area contributed by atoms with Crippen molar-refractivity contribution in [2.24, 2.45) is 5.92 Å². The van der Waals surface area contributed by atoms with Crippen LogP contribution in [0.25, 0.3) is 0 Å². The Labute approximate surface area is 128 Å². The molecule has 1 heterocycles. The fourth-order valence-corrected chi connectivity index (χ4v) is 3.60. The lowest BCUT2D eigenvalue weighted by molar-refractivity contribution is -0.119. The van der Waals surface area contributed by atoms with Crippen molar-refractivity contribution in [2.75, 3.05) is 12.3 Å². The van der Waals surface area contributed by atoms with Gasteiger partial charge in [0.1, 0.15) is 6.33 Å². The average molecular weight is 310 g/mol. The van der Waals surface area contributed by atoms with Gasteiger partial charge in [0, 0.05) is 18.5 Å². The van der Waals surface area contributed by atoms with E-state index in [1.165, 1.54) is 24.6 Å².